The maximum Gasteiger partial charge on any atom is 0.0570 e. The molecule has 2 aromatic rings. The zero-order valence-electron chi connectivity index (χ0n) is 12.1. The minimum Gasteiger partial charge on any atom is -0.305 e. The summed E-state index contributed by atoms with van der Waals surface area (Å²) in [7, 11) is 0. The van der Waals surface area contributed by atoms with Gasteiger partial charge in [0.15, 0.2) is 0 Å². The molecule has 0 aliphatic rings. The highest BCUT2D eigenvalue weighted by atomic mass is 15.3. The summed E-state index contributed by atoms with van der Waals surface area (Å²) in [5, 5.41) is 7.86. The summed E-state index contributed by atoms with van der Waals surface area (Å²) in [6.07, 6.45) is 5.84. The first-order valence-electron chi connectivity index (χ1n) is 6.65. The zero-order valence-corrected chi connectivity index (χ0v) is 12.1. The van der Waals surface area contributed by atoms with Gasteiger partial charge >= 0.3 is 0 Å². The van der Waals surface area contributed by atoms with Crippen LogP contribution < -0.4 is 5.32 Å². The standard InChI is InChI=1S/C15H22N4/c1-12(14-7-5-6-8-16-14)17-9-13-10-18-19(11-13)15(2,3)4/h5-8,10-12,17H,9H2,1-4H3/t12-/m1/s1. The van der Waals surface area contributed by atoms with Crippen LogP contribution in [-0.4, -0.2) is 14.8 Å². The van der Waals surface area contributed by atoms with Crippen LogP contribution in [0.3, 0.4) is 0 Å². The Morgan fingerprint density at radius 1 is 1.32 bits per heavy atom. The Balaban J connectivity index is 1.94. The van der Waals surface area contributed by atoms with Crippen molar-refractivity contribution in [2.45, 2.75) is 45.8 Å². The van der Waals surface area contributed by atoms with E-state index in [1.807, 2.05) is 35.3 Å². The fourth-order valence-corrected chi connectivity index (χ4v) is 1.83. The van der Waals surface area contributed by atoms with E-state index < -0.39 is 0 Å². The Kier molecular flexibility index (Phi) is 4.00. The summed E-state index contributed by atoms with van der Waals surface area (Å²) in [4.78, 5) is 4.35. The molecule has 0 bridgehead atoms. The number of nitrogens with zero attached hydrogens (tertiary/aromatic N) is 3. The summed E-state index contributed by atoms with van der Waals surface area (Å²) in [5.74, 6) is 0. The van der Waals surface area contributed by atoms with E-state index in [9.17, 15) is 0 Å². The van der Waals surface area contributed by atoms with Crippen molar-refractivity contribution in [3.8, 4) is 0 Å². The van der Waals surface area contributed by atoms with Crippen LogP contribution in [0.25, 0.3) is 0 Å². The van der Waals surface area contributed by atoms with Gasteiger partial charge in [-0.25, -0.2) is 0 Å². The molecule has 1 atom stereocenters. The molecule has 19 heavy (non-hydrogen) atoms. The lowest BCUT2D eigenvalue weighted by Gasteiger charge is -2.18. The molecule has 1 N–H and O–H groups in total. The second-order valence-corrected chi connectivity index (χ2v) is 5.82. The van der Waals surface area contributed by atoms with E-state index in [0.29, 0.717) is 0 Å². The van der Waals surface area contributed by atoms with Gasteiger partial charge in [0.05, 0.1) is 17.4 Å². The minimum absolute atomic E-state index is 0.0326. The summed E-state index contributed by atoms with van der Waals surface area (Å²) < 4.78 is 2.00. The largest absolute Gasteiger partial charge is 0.305 e. The van der Waals surface area contributed by atoms with E-state index in [-0.39, 0.29) is 11.6 Å². The molecule has 0 aromatic carbocycles. The Morgan fingerprint density at radius 3 is 2.68 bits per heavy atom. The highest BCUT2D eigenvalue weighted by Crippen LogP contribution is 2.14. The Morgan fingerprint density at radius 2 is 2.11 bits per heavy atom. The molecule has 0 aliphatic carbocycles. The maximum atomic E-state index is 4.40. The summed E-state index contributed by atoms with van der Waals surface area (Å²) >= 11 is 0. The van der Waals surface area contributed by atoms with E-state index >= 15 is 0 Å². The van der Waals surface area contributed by atoms with Gasteiger partial charge < -0.3 is 5.32 Å². The second kappa shape index (κ2) is 5.53. The van der Waals surface area contributed by atoms with Crippen LogP contribution in [-0.2, 0) is 12.1 Å². The van der Waals surface area contributed by atoms with Crippen molar-refractivity contribution in [1.29, 1.82) is 0 Å². The SMILES string of the molecule is C[C@@H](NCc1cnn(C(C)(C)C)c1)c1ccccn1. The molecule has 0 spiro atoms. The van der Waals surface area contributed by atoms with Gasteiger partial charge in [0.25, 0.3) is 0 Å². The number of aromatic nitrogens is 3. The third-order valence-electron chi connectivity index (χ3n) is 3.07. The summed E-state index contributed by atoms with van der Waals surface area (Å²) in [6, 6.07) is 6.22. The molecule has 2 heterocycles. The smallest absolute Gasteiger partial charge is 0.0570 e. The van der Waals surface area contributed by atoms with Crippen LogP contribution in [0.1, 0.15) is 45.0 Å². The number of nitrogens with one attached hydrogen (secondary N) is 1. The van der Waals surface area contributed by atoms with Gasteiger partial charge in [0, 0.05) is 30.5 Å². The third-order valence-corrected chi connectivity index (χ3v) is 3.07. The normalized spacial score (nSPS) is 13.5. The molecule has 4 nitrogen and oxygen atoms in total. The quantitative estimate of drug-likeness (QED) is 0.917. The summed E-state index contributed by atoms with van der Waals surface area (Å²) in [5.41, 5.74) is 2.29. The number of rotatable bonds is 4. The van der Waals surface area contributed by atoms with Gasteiger partial charge in [0.2, 0.25) is 0 Å². The fourth-order valence-electron chi connectivity index (χ4n) is 1.83. The first-order valence-corrected chi connectivity index (χ1v) is 6.65. The van der Waals surface area contributed by atoms with Crippen molar-refractivity contribution < 1.29 is 0 Å². The van der Waals surface area contributed by atoms with E-state index in [4.69, 9.17) is 0 Å². The Bertz CT molecular complexity index is 510. The zero-order chi connectivity index (χ0) is 13.9. The highest BCUT2D eigenvalue weighted by Gasteiger charge is 2.14. The van der Waals surface area contributed by atoms with Crippen LogP contribution >= 0.6 is 0 Å². The van der Waals surface area contributed by atoms with E-state index in [1.165, 1.54) is 5.56 Å². The average molecular weight is 258 g/mol. The molecule has 2 aromatic heterocycles. The molecule has 0 saturated heterocycles. The van der Waals surface area contributed by atoms with Crippen LogP contribution in [0.4, 0.5) is 0 Å². The van der Waals surface area contributed by atoms with Gasteiger partial charge in [-0.3, -0.25) is 9.67 Å². The van der Waals surface area contributed by atoms with Gasteiger partial charge in [0.1, 0.15) is 0 Å². The van der Waals surface area contributed by atoms with Gasteiger partial charge in [-0.15, -0.1) is 0 Å². The molecule has 0 unspecified atom stereocenters. The molecule has 0 fully saturated rings. The third kappa shape index (κ3) is 3.64. The Hall–Kier alpha value is -1.68. The van der Waals surface area contributed by atoms with Crippen molar-refractivity contribution >= 4 is 0 Å². The van der Waals surface area contributed by atoms with E-state index in [0.717, 1.165) is 12.2 Å². The lowest BCUT2D eigenvalue weighted by molar-refractivity contribution is 0.355. The first-order chi connectivity index (χ1) is 8.97. The van der Waals surface area contributed by atoms with Crippen LogP contribution in [0.2, 0.25) is 0 Å². The molecule has 0 amide bonds. The monoisotopic (exact) mass is 258 g/mol. The molecular weight excluding hydrogens is 236 g/mol. The lowest BCUT2D eigenvalue weighted by atomic mass is 10.1. The Labute approximate surface area is 114 Å². The fraction of sp³-hybridized carbons (Fsp3) is 0.467. The average Bonchev–Trinajstić information content (AvgIpc) is 2.86. The first kappa shape index (κ1) is 13.7. The van der Waals surface area contributed by atoms with Crippen LogP contribution in [0.15, 0.2) is 36.8 Å². The topological polar surface area (TPSA) is 42.7 Å². The maximum absolute atomic E-state index is 4.40. The molecule has 102 valence electrons. The molecule has 2 rings (SSSR count). The highest BCUT2D eigenvalue weighted by molar-refractivity contribution is 5.09. The van der Waals surface area contributed by atoms with Gasteiger partial charge in [-0.1, -0.05) is 6.07 Å². The summed E-state index contributed by atoms with van der Waals surface area (Å²) in [6.45, 7) is 9.36. The number of hydrogen-bond donors (Lipinski definition) is 1. The molecule has 4 heteroatoms. The van der Waals surface area contributed by atoms with Crippen molar-refractivity contribution in [3.63, 3.8) is 0 Å². The minimum atomic E-state index is 0.0326. The number of hydrogen-bond acceptors (Lipinski definition) is 3. The van der Waals surface area contributed by atoms with Crippen molar-refractivity contribution in [2.24, 2.45) is 0 Å². The predicted octanol–water partition coefficient (Wildman–Crippen LogP) is 2.88. The molecular formula is C15H22N4. The van der Waals surface area contributed by atoms with E-state index in [2.05, 4.69) is 49.3 Å². The second-order valence-electron chi connectivity index (χ2n) is 5.82. The number of pyridine rings is 1. The molecule has 0 radical (unpaired) electrons. The van der Waals surface area contributed by atoms with Gasteiger partial charge in [-0.2, -0.15) is 5.10 Å². The van der Waals surface area contributed by atoms with Crippen LogP contribution in [0.5, 0.6) is 0 Å². The van der Waals surface area contributed by atoms with Gasteiger partial charge in [-0.05, 0) is 39.8 Å². The van der Waals surface area contributed by atoms with Crippen molar-refractivity contribution in [1.82, 2.24) is 20.1 Å². The van der Waals surface area contributed by atoms with Crippen molar-refractivity contribution in [2.75, 3.05) is 0 Å². The van der Waals surface area contributed by atoms with Crippen molar-refractivity contribution in [3.05, 3.63) is 48.0 Å². The van der Waals surface area contributed by atoms with Crippen LogP contribution in [0, 0.1) is 0 Å². The molecule has 0 aliphatic heterocycles. The van der Waals surface area contributed by atoms with E-state index in [1.54, 1.807) is 0 Å². The predicted molar refractivity (Wildman–Crippen MR) is 76.7 cm³/mol. The molecule has 0 saturated carbocycles. The lowest BCUT2D eigenvalue weighted by Crippen LogP contribution is -2.22.